The molecule has 0 fully saturated rings. The van der Waals surface area contributed by atoms with Crippen LogP contribution in [0.15, 0.2) is 39.8 Å². The van der Waals surface area contributed by atoms with E-state index < -0.39 is 0 Å². The van der Waals surface area contributed by atoms with Gasteiger partial charge in [-0.3, -0.25) is 0 Å². The molecular weight excluding hydrogens is 218 g/mol. The second-order valence-electron chi connectivity index (χ2n) is 2.08. The van der Waals surface area contributed by atoms with Crippen molar-refractivity contribution in [3.63, 3.8) is 0 Å². The minimum absolute atomic E-state index is 0.546. The predicted octanol–water partition coefficient (Wildman–Crippen LogP) is 2.41. The topological polar surface area (TPSA) is 33.0 Å². The minimum atomic E-state index is 0.546. The Morgan fingerprint density at radius 2 is 2.33 bits per heavy atom. The Morgan fingerprint density at radius 1 is 1.58 bits per heavy atom. The van der Waals surface area contributed by atoms with Crippen molar-refractivity contribution < 1.29 is 4.74 Å². The monoisotopic (exact) mass is 223 g/mol. The van der Waals surface area contributed by atoms with Crippen molar-refractivity contribution in [2.45, 2.75) is 0 Å². The molecule has 0 heterocycles. The van der Waals surface area contributed by atoms with Gasteiger partial charge >= 0.3 is 0 Å². The third-order valence-corrected chi connectivity index (χ3v) is 1.94. The molecule has 0 aromatic rings. The normalized spacial score (nSPS) is 15.2. The molecule has 0 aromatic carbocycles. The molecule has 0 unspecified atom stereocenters. The number of halogens is 1. The molecule has 0 aromatic heterocycles. The van der Waals surface area contributed by atoms with E-state index >= 15 is 0 Å². The average molecular weight is 224 g/mol. The molecule has 0 aliphatic heterocycles. The van der Waals surface area contributed by atoms with Gasteiger partial charge in [-0.25, -0.2) is 0 Å². The summed E-state index contributed by atoms with van der Waals surface area (Å²) >= 11 is 3.28. The van der Waals surface area contributed by atoms with Gasteiger partial charge in [0.2, 0.25) is 0 Å². The van der Waals surface area contributed by atoms with Gasteiger partial charge in [-0.1, -0.05) is 0 Å². The highest BCUT2D eigenvalue weighted by Crippen LogP contribution is 2.19. The zero-order chi connectivity index (χ0) is 8.97. The van der Waals surface area contributed by atoms with Crippen LogP contribution in [0.2, 0.25) is 0 Å². The van der Waals surface area contributed by atoms with Gasteiger partial charge in [0, 0.05) is 6.08 Å². The van der Waals surface area contributed by atoms with Crippen molar-refractivity contribution in [1.82, 2.24) is 0 Å². The first-order valence-corrected chi connectivity index (χ1v) is 4.05. The fourth-order valence-corrected chi connectivity index (χ4v) is 1.27. The van der Waals surface area contributed by atoms with E-state index in [1.54, 1.807) is 25.3 Å². The number of rotatable bonds is 1. The Hall–Kier alpha value is -1.23. The lowest BCUT2D eigenvalue weighted by atomic mass is 10.3. The first-order valence-electron chi connectivity index (χ1n) is 3.26. The third-order valence-electron chi connectivity index (χ3n) is 1.32. The Morgan fingerprint density at radius 3 is 2.92 bits per heavy atom. The minimum Gasteiger partial charge on any atom is -0.495 e. The molecule has 12 heavy (non-hydrogen) atoms. The van der Waals surface area contributed by atoms with E-state index in [2.05, 4.69) is 21.7 Å². The molecule has 0 bridgehead atoms. The maximum atomic E-state index is 8.61. The number of allylic oxidation sites excluding steroid dienone is 4. The molecule has 0 N–H and O–H groups in total. The van der Waals surface area contributed by atoms with Gasteiger partial charge < -0.3 is 4.74 Å². The van der Waals surface area contributed by atoms with Crippen LogP contribution in [0.3, 0.4) is 0 Å². The van der Waals surface area contributed by atoms with Crippen molar-refractivity contribution in [2.24, 2.45) is 0 Å². The van der Waals surface area contributed by atoms with Gasteiger partial charge in [0.1, 0.15) is 5.76 Å². The van der Waals surface area contributed by atoms with Gasteiger partial charge in [-0.2, -0.15) is 5.26 Å². The van der Waals surface area contributed by atoms with Crippen LogP contribution >= 0.6 is 15.9 Å². The molecule has 0 amide bonds. The van der Waals surface area contributed by atoms with Crippen molar-refractivity contribution in [2.75, 3.05) is 7.11 Å². The number of nitriles is 1. The highest BCUT2D eigenvalue weighted by molar-refractivity contribution is 9.11. The van der Waals surface area contributed by atoms with Crippen LogP contribution in [0, 0.1) is 11.3 Å². The summed E-state index contributed by atoms with van der Waals surface area (Å²) < 4.78 is 5.77. The lowest BCUT2D eigenvalue weighted by Crippen LogP contribution is -1.82. The van der Waals surface area contributed by atoms with Crippen molar-refractivity contribution >= 4 is 15.9 Å². The van der Waals surface area contributed by atoms with Gasteiger partial charge in [0.05, 0.1) is 23.2 Å². The molecule has 2 nitrogen and oxygen atoms in total. The summed E-state index contributed by atoms with van der Waals surface area (Å²) in [5.41, 5.74) is 3.37. The number of nitrogens with zero attached hydrogens (tertiary/aromatic N) is 1. The highest BCUT2D eigenvalue weighted by atomic mass is 79.9. The first-order chi connectivity index (χ1) is 5.77. The van der Waals surface area contributed by atoms with Crippen LogP contribution in [0.1, 0.15) is 0 Å². The Labute approximate surface area is 79.3 Å². The van der Waals surface area contributed by atoms with Gasteiger partial charge in [-0.15, -0.1) is 5.73 Å². The summed E-state index contributed by atoms with van der Waals surface area (Å²) in [4.78, 5) is 0. The summed E-state index contributed by atoms with van der Waals surface area (Å²) in [6, 6.07) is 2.02. The van der Waals surface area contributed by atoms with E-state index in [-0.39, 0.29) is 0 Å². The maximum absolute atomic E-state index is 8.61. The van der Waals surface area contributed by atoms with E-state index in [9.17, 15) is 0 Å². The van der Waals surface area contributed by atoms with E-state index in [0.29, 0.717) is 11.3 Å². The van der Waals surface area contributed by atoms with Gasteiger partial charge in [0.15, 0.2) is 0 Å². The predicted molar refractivity (Wildman–Crippen MR) is 49.3 cm³/mol. The van der Waals surface area contributed by atoms with Gasteiger partial charge in [-0.05, 0) is 28.1 Å². The van der Waals surface area contributed by atoms with Crippen LogP contribution in [0.25, 0.3) is 0 Å². The lowest BCUT2D eigenvalue weighted by Gasteiger charge is -1.98. The Balaban J connectivity index is 3.15. The number of ether oxygens (including phenoxy) is 1. The van der Waals surface area contributed by atoms with Crippen molar-refractivity contribution in [1.29, 1.82) is 5.26 Å². The molecule has 0 atom stereocenters. The molecular formula is C9H6BrNO. The fourth-order valence-electron chi connectivity index (χ4n) is 0.746. The number of hydrogen-bond donors (Lipinski definition) is 0. The summed E-state index contributed by atoms with van der Waals surface area (Å²) in [6.07, 6.45) is 4.97. The average Bonchev–Trinajstić information content (AvgIpc) is 2.26. The molecule has 0 saturated carbocycles. The number of hydrogen-bond acceptors (Lipinski definition) is 2. The molecule has 60 valence electrons. The molecule has 3 heteroatoms. The molecule has 1 aliphatic carbocycles. The Bertz CT molecular complexity index is 351. The van der Waals surface area contributed by atoms with Crippen molar-refractivity contribution in [3.05, 3.63) is 39.8 Å². The largest absolute Gasteiger partial charge is 0.495 e. The zero-order valence-electron chi connectivity index (χ0n) is 6.47. The van der Waals surface area contributed by atoms with Crippen LogP contribution in [0.5, 0.6) is 0 Å². The summed E-state index contributed by atoms with van der Waals surface area (Å²) in [5, 5.41) is 8.61. The van der Waals surface area contributed by atoms with Gasteiger partial charge in [0.25, 0.3) is 0 Å². The summed E-state index contributed by atoms with van der Waals surface area (Å²) in [6.45, 7) is 0. The van der Waals surface area contributed by atoms with E-state index in [1.807, 2.05) is 6.07 Å². The quantitative estimate of drug-likeness (QED) is 0.640. The smallest absolute Gasteiger partial charge is 0.140 e. The summed E-state index contributed by atoms with van der Waals surface area (Å²) in [7, 11) is 1.57. The standard InChI is InChI=1S/C9H6BrNO/c1-12-9-4-2-3-7(6-11)5-8(9)10/h3-5H,1H3. The van der Waals surface area contributed by atoms with Crippen LogP contribution < -0.4 is 0 Å². The molecule has 1 rings (SSSR count). The third kappa shape index (κ3) is 1.88. The molecule has 0 radical (unpaired) electrons. The van der Waals surface area contributed by atoms with E-state index in [1.165, 1.54) is 0 Å². The van der Waals surface area contributed by atoms with Crippen LogP contribution in [0.4, 0.5) is 0 Å². The maximum Gasteiger partial charge on any atom is 0.140 e. The number of methoxy groups -OCH3 is 1. The second-order valence-corrected chi connectivity index (χ2v) is 2.94. The molecule has 1 aliphatic rings. The summed E-state index contributed by atoms with van der Waals surface area (Å²) in [5.74, 6) is 0.663. The van der Waals surface area contributed by atoms with Crippen molar-refractivity contribution in [3.8, 4) is 6.07 Å². The lowest BCUT2D eigenvalue weighted by molar-refractivity contribution is 0.306. The van der Waals surface area contributed by atoms with Crippen LogP contribution in [-0.4, -0.2) is 7.11 Å². The molecule has 0 spiro atoms. The zero-order valence-corrected chi connectivity index (χ0v) is 8.05. The van der Waals surface area contributed by atoms with Crippen LogP contribution in [-0.2, 0) is 4.74 Å². The Kier molecular flexibility index (Phi) is 2.93. The van der Waals surface area contributed by atoms with E-state index in [4.69, 9.17) is 10.00 Å². The SMILES string of the molecule is COC1=C(Br)C=C(C#N)C=C=C1. The second kappa shape index (κ2) is 3.96. The fraction of sp³-hybridized carbons (Fsp3) is 0.111. The molecule has 0 saturated heterocycles. The first kappa shape index (κ1) is 8.86. The van der Waals surface area contributed by atoms with E-state index in [0.717, 1.165) is 4.48 Å². The highest BCUT2D eigenvalue weighted by Gasteiger charge is 2.01.